The summed E-state index contributed by atoms with van der Waals surface area (Å²) in [5, 5.41) is 3.10. The van der Waals surface area contributed by atoms with Gasteiger partial charge in [-0.05, 0) is 39.0 Å². The SMILES string of the molecule is [2H]CCCCCCCC(=O)CCCCCCCCCCCNC(=O)CCC(=O)N(CCCCCCCCCCCCCCCCCC)C(C)CCCCCCCCCCCCCCCC. The Morgan fingerprint density at radius 2 is 0.719 bits per heavy atom. The largest absolute Gasteiger partial charge is 0.356 e. The summed E-state index contributed by atoms with van der Waals surface area (Å²) in [5.41, 5.74) is 0. The second-order valence-corrected chi connectivity index (χ2v) is 20.5. The summed E-state index contributed by atoms with van der Waals surface area (Å²) in [6.45, 7) is 8.92. The van der Waals surface area contributed by atoms with E-state index in [1.165, 1.54) is 231 Å². The van der Waals surface area contributed by atoms with Gasteiger partial charge in [-0.15, -0.1) is 0 Å². The highest BCUT2D eigenvalue weighted by Gasteiger charge is 2.20. The molecule has 0 aliphatic heterocycles. The normalized spacial score (nSPS) is 12.1. The lowest BCUT2D eigenvalue weighted by Gasteiger charge is -2.30. The molecule has 0 aromatic heterocycles. The molecule has 2 amide bonds. The second-order valence-electron chi connectivity index (χ2n) is 20.5. The lowest BCUT2D eigenvalue weighted by molar-refractivity contribution is -0.135. The van der Waals surface area contributed by atoms with E-state index in [2.05, 4.69) is 31.0 Å². The molecule has 5 nitrogen and oxygen atoms in total. The van der Waals surface area contributed by atoms with Crippen LogP contribution in [-0.4, -0.2) is 41.6 Å². The van der Waals surface area contributed by atoms with Gasteiger partial charge in [0.1, 0.15) is 5.78 Å². The smallest absolute Gasteiger partial charge is 0.223 e. The zero-order valence-electron chi connectivity index (χ0n) is 45.0. The van der Waals surface area contributed by atoms with Crippen molar-refractivity contribution in [3.05, 3.63) is 0 Å². The first-order valence-electron chi connectivity index (χ1n) is 30.0. The van der Waals surface area contributed by atoms with E-state index in [1.807, 2.05) is 0 Å². The number of nitrogens with one attached hydrogen (secondary N) is 1. The van der Waals surface area contributed by atoms with E-state index in [-0.39, 0.29) is 17.9 Å². The Labute approximate surface area is 403 Å². The standard InChI is InChI=1S/C59H116N2O3/c1-5-8-11-14-16-18-20-22-24-25-27-29-34-38-43-48-55-61(56(4)49-44-40-35-31-28-26-23-21-19-17-15-12-9-6-2)59(64)53-52-58(63)60-54-47-42-37-33-30-32-36-41-46-51-57(62)50-45-39-13-10-7-3/h56H,5-55H2,1-4H3,(H,60,63)/i3D. The lowest BCUT2D eigenvalue weighted by atomic mass is 10.0. The molecule has 380 valence electrons. The van der Waals surface area contributed by atoms with Crippen LogP contribution in [0.1, 0.15) is 344 Å². The predicted octanol–water partition coefficient (Wildman–Crippen LogP) is 19.1. The topological polar surface area (TPSA) is 66.5 Å². The molecule has 0 aliphatic carbocycles. The Balaban J connectivity index is 4.28. The maximum absolute atomic E-state index is 13.6. The molecule has 0 aromatic rings. The van der Waals surface area contributed by atoms with E-state index in [0.717, 1.165) is 77.2 Å². The average molecular weight is 903 g/mol. The number of amides is 2. The maximum Gasteiger partial charge on any atom is 0.223 e. The highest BCUT2D eigenvalue weighted by Crippen LogP contribution is 2.19. The van der Waals surface area contributed by atoms with E-state index < -0.39 is 0 Å². The van der Waals surface area contributed by atoms with Crippen LogP contribution in [0, 0.1) is 0 Å². The molecular formula is C59H116N2O3. The molecule has 0 fully saturated rings. The molecule has 5 heteroatoms. The van der Waals surface area contributed by atoms with Crippen LogP contribution in [0.5, 0.6) is 0 Å². The van der Waals surface area contributed by atoms with Crippen molar-refractivity contribution in [3.63, 3.8) is 0 Å². The van der Waals surface area contributed by atoms with Crippen LogP contribution in [0.15, 0.2) is 0 Å². The zero-order valence-corrected chi connectivity index (χ0v) is 44.0. The summed E-state index contributed by atoms with van der Waals surface area (Å²) in [4.78, 5) is 40.6. The van der Waals surface area contributed by atoms with E-state index >= 15 is 0 Å². The van der Waals surface area contributed by atoms with Gasteiger partial charge in [-0.1, -0.05) is 278 Å². The Morgan fingerprint density at radius 1 is 0.391 bits per heavy atom. The number of hydrogen-bond donors (Lipinski definition) is 1. The molecule has 0 rings (SSSR count). The summed E-state index contributed by atoms with van der Waals surface area (Å²) in [6.07, 6.45) is 60.1. The number of carbonyl (C=O) groups excluding carboxylic acids is 3. The minimum Gasteiger partial charge on any atom is -0.356 e. The Hall–Kier alpha value is -1.39. The third kappa shape index (κ3) is 47.1. The Morgan fingerprint density at radius 3 is 1.11 bits per heavy atom. The van der Waals surface area contributed by atoms with Crippen LogP contribution in [0.3, 0.4) is 0 Å². The summed E-state index contributed by atoms with van der Waals surface area (Å²) < 4.78 is 7.20. The summed E-state index contributed by atoms with van der Waals surface area (Å²) in [5.74, 6) is 0.639. The van der Waals surface area contributed by atoms with Crippen LogP contribution < -0.4 is 5.32 Å². The number of nitrogens with zero attached hydrogens (tertiary/aromatic N) is 1. The number of carbonyl (C=O) groups is 3. The first kappa shape index (κ1) is 60.6. The number of Topliss-reactive ketones (excluding diaryl/α,β-unsaturated/α-hetero) is 1. The third-order valence-electron chi connectivity index (χ3n) is 14.1. The van der Waals surface area contributed by atoms with Crippen molar-refractivity contribution in [1.82, 2.24) is 10.2 Å². The molecule has 0 heterocycles. The first-order chi connectivity index (χ1) is 32.0. The fraction of sp³-hybridized carbons (Fsp3) is 0.949. The van der Waals surface area contributed by atoms with Gasteiger partial charge in [0.25, 0.3) is 0 Å². The molecule has 0 saturated heterocycles. The van der Waals surface area contributed by atoms with Gasteiger partial charge in [0.15, 0.2) is 0 Å². The highest BCUT2D eigenvalue weighted by molar-refractivity contribution is 5.83. The van der Waals surface area contributed by atoms with Crippen LogP contribution in [0.4, 0.5) is 0 Å². The van der Waals surface area contributed by atoms with E-state index in [0.29, 0.717) is 32.1 Å². The molecule has 64 heavy (non-hydrogen) atoms. The van der Waals surface area contributed by atoms with Crippen LogP contribution in [-0.2, 0) is 14.4 Å². The molecule has 1 N–H and O–H groups in total. The van der Waals surface area contributed by atoms with Crippen LogP contribution >= 0.6 is 0 Å². The fourth-order valence-electron chi connectivity index (χ4n) is 9.55. The summed E-state index contributed by atoms with van der Waals surface area (Å²) in [6, 6.07) is 0.249. The average Bonchev–Trinajstić information content (AvgIpc) is 3.30. The molecule has 0 aliphatic rings. The van der Waals surface area contributed by atoms with Gasteiger partial charge < -0.3 is 10.2 Å². The molecular weight excluding hydrogens is 785 g/mol. The third-order valence-corrected chi connectivity index (χ3v) is 14.1. The minimum atomic E-state index is 0.0269. The lowest BCUT2D eigenvalue weighted by Crippen LogP contribution is -2.40. The van der Waals surface area contributed by atoms with Crippen molar-refractivity contribution >= 4 is 17.6 Å². The van der Waals surface area contributed by atoms with Gasteiger partial charge in [-0.25, -0.2) is 0 Å². The van der Waals surface area contributed by atoms with Crippen LogP contribution in [0.2, 0.25) is 0 Å². The van der Waals surface area contributed by atoms with Crippen molar-refractivity contribution in [2.75, 3.05) is 13.1 Å². The zero-order chi connectivity index (χ0) is 47.4. The number of ketones is 1. The van der Waals surface area contributed by atoms with Crippen molar-refractivity contribution in [1.29, 1.82) is 0 Å². The van der Waals surface area contributed by atoms with Gasteiger partial charge >= 0.3 is 0 Å². The molecule has 0 aromatic carbocycles. The molecule has 0 radical (unpaired) electrons. The van der Waals surface area contributed by atoms with Gasteiger partial charge in [0, 0.05) is 46.2 Å². The predicted molar refractivity (Wildman–Crippen MR) is 282 cm³/mol. The van der Waals surface area contributed by atoms with Gasteiger partial charge in [-0.3, -0.25) is 14.4 Å². The van der Waals surface area contributed by atoms with E-state index in [9.17, 15) is 14.4 Å². The first-order valence-corrected chi connectivity index (χ1v) is 29.3. The summed E-state index contributed by atoms with van der Waals surface area (Å²) in [7, 11) is 0. The molecule has 1 atom stereocenters. The van der Waals surface area contributed by atoms with Crippen molar-refractivity contribution in [2.24, 2.45) is 0 Å². The van der Waals surface area contributed by atoms with Gasteiger partial charge in [-0.2, -0.15) is 0 Å². The monoisotopic (exact) mass is 902 g/mol. The molecule has 0 bridgehead atoms. The second kappa shape index (κ2) is 52.6. The molecule has 0 saturated carbocycles. The minimum absolute atomic E-state index is 0.0269. The van der Waals surface area contributed by atoms with E-state index in [1.54, 1.807) is 0 Å². The number of rotatable bonds is 54. The fourth-order valence-corrected chi connectivity index (χ4v) is 9.55. The van der Waals surface area contributed by atoms with Crippen molar-refractivity contribution in [2.45, 2.75) is 348 Å². The maximum atomic E-state index is 13.6. The van der Waals surface area contributed by atoms with Crippen molar-refractivity contribution in [3.8, 4) is 0 Å². The number of hydrogen-bond acceptors (Lipinski definition) is 3. The van der Waals surface area contributed by atoms with Crippen molar-refractivity contribution < 1.29 is 15.8 Å². The molecule has 0 spiro atoms. The summed E-state index contributed by atoms with van der Waals surface area (Å²) >= 11 is 0. The number of unbranched alkanes of at least 4 members (excludes halogenated alkanes) is 40. The van der Waals surface area contributed by atoms with Gasteiger partial charge in [0.2, 0.25) is 11.8 Å². The quantitative estimate of drug-likeness (QED) is 0.0619. The highest BCUT2D eigenvalue weighted by atomic mass is 16.2. The van der Waals surface area contributed by atoms with Gasteiger partial charge in [0.05, 0.1) is 0 Å². The van der Waals surface area contributed by atoms with E-state index in [4.69, 9.17) is 1.37 Å². The molecule has 1 unspecified atom stereocenters. The van der Waals surface area contributed by atoms with Crippen LogP contribution in [0.25, 0.3) is 0 Å². The Bertz CT molecular complexity index is 991. The Kier molecular flexibility index (Phi) is 49.8.